The highest BCUT2D eigenvalue weighted by atomic mass is 35.5. The Balaban J connectivity index is 0.00000176. The molecule has 0 saturated heterocycles. The molecule has 0 atom stereocenters. The van der Waals surface area contributed by atoms with E-state index in [1.54, 1.807) is 12.4 Å². The monoisotopic (exact) mass is 316 g/mol. The van der Waals surface area contributed by atoms with Crippen molar-refractivity contribution < 1.29 is 4.42 Å². The Morgan fingerprint density at radius 2 is 1.82 bits per heavy atom. The summed E-state index contributed by atoms with van der Waals surface area (Å²) in [7, 11) is 4.00. The van der Waals surface area contributed by atoms with Crippen LogP contribution in [0.5, 0.6) is 0 Å². The second-order valence-electron chi connectivity index (χ2n) is 5.28. The van der Waals surface area contributed by atoms with Gasteiger partial charge in [0.25, 0.3) is 0 Å². The van der Waals surface area contributed by atoms with Crippen LogP contribution in [0.25, 0.3) is 22.3 Å². The number of fused-ring (bicyclic) bond motifs is 1. The van der Waals surface area contributed by atoms with Gasteiger partial charge in [-0.3, -0.25) is 9.78 Å². The predicted octanol–water partition coefficient (Wildman–Crippen LogP) is 3.34. The van der Waals surface area contributed by atoms with Crippen molar-refractivity contribution >= 4 is 23.4 Å². The lowest BCUT2D eigenvalue weighted by atomic mass is 10.1. The zero-order valence-corrected chi connectivity index (χ0v) is 13.3. The summed E-state index contributed by atoms with van der Waals surface area (Å²) in [6.07, 6.45) is 3.36. The average molecular weight is 317 g/mol. The molecule has 0 radical (unpaired) electrons. The van der Waals surface area contributed by atoms with Crippen molar-refractivity contribution in [3.05, 3.63) is 64.6 Å². The average Bonchev–Trinajstić information content (AvgIpc) is 2.48. The Morgan fingerprint density at radius 1 is 1.09 bits per heavy atom. The van der Waals surface area contributed by atoms with Gasteiger partial charge in [0, 0.05) is 30.6 Å². The number of hydrogen-bond donors (Lipinski definition) is 0. The fraction of sp³-hybridized carbons (Fsp3) is 0.176. The van der Waals surface area contributed by atoms with Crippen LogP contribution in [-0.4, -0.2) is 24.0 Å². The third kappa shape index (κ3) is 3.35. The third-order valence-electron chi connectivity index (χ3n) is 3.26. The van der Waals surface area contributed by atoms with E-state index in [0.717, 1.165) is 17.7 Å². The van der Waals surface area contributed by atoms with Crippen LogP contribution < -0.4 is 5.43 Å². The molecule has 0 unspecified atom stereocenters. The Labute approximate surface area is 134 Å². The van der Waals surface area contributed by atoms with Crippen LogP contribution in [0, 0.1) is 0 Å². The van der Waals surface area contributed by atoms with Crippen molar-refractivity contribution in [3.63, 3.8) is 0 Å². The number of halogens is 1. The third-order valence-corrected chi connectivity index (χ3v) is 3.26. The number of hydrogen-bond acceptors (Lipinski definition) is 4. The molecule has 0 spiro atoms. The molecule has 2 heterocycles. The summed E-state index contributed by atoms with van der Waals surface area (Å²) in [4.78, 5) is 18.4. The van der Waals surface area contributed by atoms with Gasteiger partial charge < -0.3 is 9.32 Å². The zero-order valence-electron chi connectivity index (χ0n) is 12.4. The quantitative estimate of drug-likeness (QED) is 0.743. The van der Waals surface area contributed by atoms with Crippen LogP contribution in [0.3, 0.4) is 0 Å². The van der Waals surface area contributed by atoms with E-state index < -0.39 is 0 Å². The van der Waals surface area contributed by atoms with E-state index in [1.165, 1.54) is 6.07 Å². The van der Waals surface area contributed by atoms with Crippen LogP contribution in [0.4, 0.5) is 0 Å². The first-order valence-electron chi connectivity index (χ1n) is 6.75. The lowest BCUT2D eigenvalue weighted by Crippen LogP contribution is -2.11. The Morgan fingerprint density at radius 3 is 2.50 bits per heavy atom. The van der Waals surface area contributed by atoms with Crippen LogP contribution in [0.15, 0.2) is 58.0 Å². The van der Waals surface area contributed by atoms with E-state index in [9.17, 15) is 4.79 Å². The summed E-state index contributed by atoms with van der Waals surface area (Å²) >= 11 is 0. The molecule has 22 heavy (non-hydrogen) atoms. The number of pyridine rings is 1. The highest BCUT2D eigenvalue weighted by Gasteiger charge is 2.08. The molecule has 2 aromatic heterocycles. The predicted molar refractivity (Wildman–Crippen MR) is 90.4 cm³/mol. The summed E-state index contributed by atoms with van der Waals surface area (Å²) < 4.78 is 5.85. The molecule has 114 valence electrons. The Bertz CT molecular complexity index is 829. The lowest BCUT2D eigenvalue weighted by Gasteiger charge is -2.10. The molecule has 1 aromatic carbocycles. The first-order valence-corrected chi connectivity index (χ1v) is 6.75. The molecule has 0 bridgehead atoms. The summed E-state index contributed by atoms with van der Waals surface area (Å²) in [6, 6.07) is 10.9. The van der Waals surface area contributed by atoms with E-state index in [-0.39, 0.29) is 17.8 Å². The van der Waals surface area contributed by atoms with Crippen LogP contribution in [-0.2, 0) is 6.54 Å². The van der Waals surface area contributed by atoms with E-state index in [1.807, 2.05) is 44.4 Å². The van der Waals surface area contributed by atoms with Gasteiger partial charge in [-0.2, -0.15) is 0 Å². The Kier molecular flexibility index (Phi) is 4.96. The molecule has 5 heteroatoms. The van der Waals surface area contributed by atoms with Gasteiger partial charge in [0.2, 0.25) is 0 Å². The zero-order chi connectivity index (χ0) is 14.8. The second-order valence-corrected chi connectivity index (χ2v) is 5.28. The van der Waals surface area contributed by atoms with Crippen molar-refractivity contribution in [2.24, 2.45) is 0 Å². The van der Waals surface area contributed by atoms with Crippen molar-refractivity contribution in [3.8, 4) is 11.3 Å². The minimum atomic E-state index is -0.0244. The molecule has 0 N–H and O–H groups in total. The van der Waals surface area contributed by atoms with E-state index in [2.05, 4.69) is 9.88 Å². The highest BCUT2D eigenvalue weighted by Crippen LogP contribution is 2.22. The van der Waals surface area contributed by atoms with E-state index in [0.29, 0.717) is 16.7 Å². The van der Waals surface area contributed by atoms with Gasteiger partial charge >= 0.3 is 0 Å². The smallest absolute Gasteiger partial charge is 0.193 e. The van der Waals surface area contributed by atoms with Gasteiger partial charge in [-0.05, 0) is 43.9 Å². The molecule has 0 aliphatic rings. The normalized spacial score (nSPS) is 10.7. The van der Waals surface area contributed by atoms with Gasteiger partial charge in [0.05, 0.1) is 5.39 Å². The van der Waals surface area contributed by atoms with Crippen LogP contribution in [0.1, 0.15) is 5.56 Å². The highest BCUT2D eigenvalue weighted by molar-refractivity contribution is 5.85. The van der Waals surface area contributed by atoms with Gasteiger partial charge in [0.1, 0.15) is 11.3 Å². The minimum absolute atomic E-state index is 0. The summed E-state index contributed by atoms with van der Waals surface area (Å²) in [5.41, 5.74) is 2.53. The van der Waals surface area contributed by atoms with E-state index >= 15 is 0 Å². The standard InChI is InChI=1S/C17H16N2O2.ClH/c1-19(2)11-12-3-4-16-14(9-12)15(20)10-17(21-16)13-5-7-18-8-6-13;/h3-10H,11H2,1-2H3;1H. The molecule has 4 nitrogen and oxygen atoms in total. The summed E-state index contributed by atoms with van der Waals surface area (Å²) in [5, 5.41) is 0.618. The first kappa shape index (κ1) is 16.2. The molecule has 3 aromatic rings. The van der Waals surface area contributed by atoms with Gasteiger partial charge in [0.15, 0.2) is 5.43 Å². The molecule has 0 aliphatic carbocycles. The van der Waals surface area contributed by atoms with E-state index in [4.69, 9.17) is 4.42 Å². The fourth-order valence-electron chi connectivity index (χ4n) is 2.33. The molecule has 0 saturated carbocycles. The molecular weight excluding hydrogens is 300 g/mol. The first-order chi connectivity index (χ1) is 10.1. The number of benzene rings is 1. The topological polar surface area (TPSA) is 46.3 Å². The maximum Gasteiger partial charge on any atom is 0.193 e. The minimum Gasteiger partial charge on any atom is -0.456 e. The molecule has 0 fully saturated rings. The van der Waals surface area contributed by atoms with Crippen molar-refractivity contribution in [1.29, 1.82) is 0 Å². The maximum absolute atomic E-state index is 12.3. The largest absolute Gasteiger partial charge is 0.456 e. The number of nitrogens with zero attached hydrogens (tertiary/aromatic N) is 2. The SMILES string of the molecule is CN(C)Cc1ccc2oc(-c3ccncc3)cc(=O)c2c1.Cl. The van der Waals surface area contributed by atoms with Gasteiger partial charge in [-0.25, -0.2) is 0 Å². The summed E-state index contributed by atoms with van der Waals surface area (Å²) in [5.74, 6) is 0.565. The molecule has 0 amide bonds. The van der Waals surface area contributed by atoms with Gasteiger partial charge in [-0.1, -0.05) is 6.07 Å². The Hall–Kier alpha value is -2.17. The second kappa shape index (κ2) is 6.73. The summed E-state index contributed by atoms with van der Waals surface area (Å²) in [6.45, 7) is 0.793. The van der Waals surface area contributed by atoms with Crippen molar-refractivity contribution in [2.45, 2.75) is 6.54 Å². The fourth-order valence-corrected chi connectivity index (χ4v) is 2.33. The van der Waals surface area contributed by atoms with Crippen LogP contribution in [0.2, 0.25) is 0 Å². The molecule has 0 aliphatic heterocycles. The van der Waals surface area contributed by atoms with Crippen molar-refractivity contribution in [1.82, 2.24) is 9.88 Å². The van der Waals surface area contributed by atoms with Crippen molar-refractivity contribution in [2.75, 3.05) is 14.1 Å². The molecule has 3 rings (SSSR count). The molecular formula is C17H17ClN2O2. The van der Waals surface area contributed by atoms with Crippen LogP contribution >= 0.6 is 12.4 Å². The van der Waals surface area contributed by atoms with Gasteiger partial charge in [-0.15, -0.1) is 12.4 Å². The maximum atomic E-state index is 12.3. The lowest BCUT2D eigenvalue weighted by molar-refractivity contribution is 0.402. The number of aromatic nitrogens is 1. The number of rotatable bonds is 3.